The largest absolute Gasteiger partial charge is 0.494 e. The van der Waals surface area contributed by atoms with Gasteiger partial charge in [0.05, 0.1) is 25.0 Å². The number of thiazole rings is 1. The zero-order valence-corrected chi connectivity index (χ0v) is 19.7. The molecule has 0 spiro atoms. The van der Waals surface area contributed by atoms with Crippen LogP contribution < -0.4 is 9.64 Å². The fourth-order valence-corrected chi connectivity index (χ4v) is 4.74. The number of ether oxygens (including phenoxy) is 2. The summed E-state index contributed by atoms with van der Waals surface area (Å²) in [7, 11) is 1.65. The van der Waals surface area contributed by atoms with Crippen LogP contribution in [0, 0.1) is 13.8 Å². The lowest BCUT2D eigenvalue weighted by molar-refractivity contribution is 0.0391. The summed E-state index contributed by atoms with van der Waals surface area (Å²) in [5.74, 6) is 0.705. The number of carbonyl (C=O) groups is 1. The summed E-state index contributed by atoms with van der Waals surface area (Å²) in [5.41, 5.74) is 3.69. The second kappa shape index (κ2) is 10.4. The molecule has 2 heterocycles. The maximum Gasteiger partial charge on any atom is 0.260 e. The van der Waals surface area contributed by atoms with Crippen LogP contribution in [0.1, 0.15) is 21.5 Å². The first kappa shape index (κ1) is 23.5. The minimum absolute atomic E-state index is 0. The van der Waals surface area contributed by atoms with Crippen LogP contribution in [0.2, 0.25) is 0 Å². The molecule has 4 rings (SSSR count). The van der Waals surface area contributed by atoms with Crippen LogP contribution in [0.4, 0.5) is 5.13 Å². The number of hydrogen-bond acceptors (Lipinski definition) is 6. The topological polar surface area (TPSA) is 54.9 Å². The van der Waals surface area contributed by atoms with E-state index in [1.165, 1.54) is 0 Å². The van der Waals surface area contributed by atoms with E-state index < -0.39 is 0 Å². The third-order valence-corrected chi connectivity index (χ3v) is 6.61. The number of hydrogen-bond donors (Lipinski definition) is 0. The van der Waals surface area contributed by atoms with Gasteiger partial charge in [0.1, 0.15) is 11.3 Å². The van der Waals surface area contributed by atoms with E-state index in [2.05, 4.69) is 11.8 Å². The molecule has 1 aliphatic rings. The van der Waals surface area contributed by atoms with E-state index in [1.54, 1.807) is 18.4 Å². The highest BCUT2D eigenvalue weighted by Gasteiger charge is 2.24. The molecule has 0 aliphatic carbocycles. The lowest BCUT2D eigenvalue weighted by atomic mass is 10.1. The lowest BCUT2D eigenvalue weighted by Crippen LogP contribution is -2.43. The van der Waals surface area contributed by atoms with Gasteiger partial charge in [-0.1, -0.05) is 35.1 Å². The van der Waals surface area contributed by atoms with E-state index in [4.69, 9.17) is 14.5 Å². The first-order valence-electron chi connectivity index (χ1n) is 10.2. The minimum atomic E-state index is -0.0253. The number of rotatable bonds is 6. The van der Waals surface area contributed by atoms with Gasteiger partial charge in [-0.2, -0.15) is 0 Å². The summed E-state index contributed by atoms with van der Waals surface area (Å²) in [4.78, 5) is 22.5. The molecule has 0 atom stereocenters. The normalized spacial score (nSPS) is 14.3. The number of benzene rings is 2. The molecular weight excluding hydrogens is 434 g/mol. The van der Waals surface area contributed by atoms with Crippen LogP contribution in [-0.2, 0) is 4.74 Å². The quantitative estimate of drug-likeness (QED) is 0.547. The highest BCUT2D eigenvalue weighted by Crippen LogP contribution is 2.36. The summed E-state index contributed by atoms with van der Waals surface area (Å²) in [5, 5.41) is 0.706. The standard InChI is InChI=1S/C23H27N3O3S.ClH/c1-16-5-4-6-18(15-16)22(27)26(10-9-25-11-13-29-14-12-25)23-24-20-19(28-3)8-7-17(2)21(20)30-23;/h4-8,15H,9-14H2,1-3H3;1H. The van der Waals surface area contributed by atoms with Crippen molar-refractivity contribution >= 4 is 45.0 Å². The summed E-state index contributed by atoms with van der Waals surface area (Å²) < 4.78 is 12.0. The van der Waals surface area contributed by atoms with Crippen LogP contribution in [0.5, 0.6) is 5.75 Å². The number of morpholine rings is 1. The Kier molecular flexibility index (Phi) is 7.89. The summed E-state index contributed by atoms with van der Waals surface area (Å²) in [6, 6.07) is 11.7. The van der Waals surface area contributed by atoms with E-state index in [1.807, 2.05) is 48.2 Å². The van der Waals surface area contributed by atoms with Crippen LogP contribution in [0.25, 0.3) is 10.2 Å². The Labute approximate surface area is 193 Å². The maximum absolute atomic E-state index is 13.5. The predicted octanol–water partition coefficient (Wildman–Crippen LogP) is 4.32. The van der Waals surface area contributed by atoms with Crippen molar-refractivity contribution in [3.8, 4) is 5.75 Å². The Morgan fingerprint density at radius 2 is 2.00 bits per heavy atom. The molecule has 1 fully saturated rings. The van der Waals surface area contributed by atoms with Crippen LogP contribution in [-0.4, -0.2) is 62.3 Å². The van der Waals surface area contributed by atoms with Gasteiger partial charge in [0.25, 0.3) is 5.91 Å². The van der Waals surface area contributed by atoms with Gasteiger partial charge in [0.2, 0.25) is 0 Å². The number of amides is 1. The first-order valence-corrected chi connectivity index (χ1v) is 11.0. The monoisotopic (exact) mass is 461 g/mol. The van der Waals surface area contributed by atoms with Gasteiger partial charge in [-0.3, -0.25) is 14.6 Å². The number of nitrogens with zero attached hydrogens (tertiary/aromatic N) is 3. The van der Waals surface area contributed by atoms with E-state index in [9.17, 15) is 4.79 Å². The van der Waals surface area contributed by atoms with Crippen molar-refractivity contribution in [3.63, 3.8) is 0 Å². The van der Waals surface area contributed by atoms with Crippen molar-refractivity contribution in [2.24, 2.45) is 0 Å². The van der Waals surface area contributed by atoms with E-state index in [0.717, 1.165) is 59.9 Å². The molecule has 0 N–H and O–H groups in total. The number of halogens is 1. The van der Waals surface area contributed by atoms with Gasteiger partial charge in [0, 0.05) is 31.7 Å². The molecule has 0 saturated carbocycles. The molecule has 6 nitrogen and oxygen atoms in total. The smallest absolute Gasteiger partial charge is 0.260 e. The number of carbonyl (C=O) groups excluding carboxylic acids is 1. The summed E-state index contributed by atoms with van der Waals surface area (Å²) in [6.07, 6.45) is 0. The van der Waals surface area contributed by atoms with Gasteiger partial charge in [0.15, 0.2) is 5.13 Å². The third-order valence-electron chi connectivity index (χ3n) is 5.40. The average molecular weight is 462 g/mol. The molecule has 1 amide bonds. The Morgan fingerprint density at radius 3 is 2.71 bits per heavy atom. The molecule has 8 heteroatoms. The average Bonchev–Trinajstić information content (AvgIpc) is 3.21. The molecular formula is C23H28ClN3O3S. The van der Waals surface area contributed by atoms with Crippen molar-refractivity contribution in [1.82, 2.24) is 9.88 Å². The van der Waals surface area contributed by atoms with E-state index >= 15 is 0 Å². The second-order valence-electron chi connectivity index (χ2n) is 7.54. The van der Waals surface area contributed by atoms with Crippen molar-refractivity contribution in [2.75, 3.05) is 51.4 Å². The van der Waals surface area contributed by atoms with Gasteiger partial charge in [-0.25, -0.2) is 4.98 Å². The fraction of sp³-hybridized carbons (Fsp3) is 0.391. The van der Waals surface area contributed by atoms with E-state index in [0.29, 0.717) is 17.2 Å². The SMILES string of the molecule is COc1ccc(C)c2sc(N(CCN3CCOCC3)C(=O)c3cccc(C)c3)nc12.Cl. The number of anilines is 1. The third kappa shape index (κ3) is 5.18. The molecule has 0 bridgehead atoms. The second-order valence-corrected chi connectivity index (χ2v) is 8.52. The zero-order valence-electron chi connectivity index (χ0n) is 18.1. The number of methoxy groups -OCH3 is 1. The molecule has 2 aromatic carbocycles. The van der Waals surface area contributed by atoms with Crippen molar-refractivity contribution in [3.05, 3.63) is 53.1 Å². The predicted molar refractivity (Wildman–Crippen MR) is 128 cm³/mol. The van der Waals surface area contributed by atoms with Crippen molar-refractivity contribution < 1.29 is 14.3 Å². The van der Waals surface area contributed by atoms with Crippen molar-refractivity contribution in [1.29, 1.82) is 0 Å². The number of aromatic nitrogens is 1. The lowest BCUT2D eigenvalue weighted by Gasteiger charge is -2.29. The molecule has 1 saturated heterocycles. The van der Waals surface area contributed by atoms with E-state index in [-0.39, 0.29) is 18.3 Å². The Bertz CT molecular complexity index is 1050. The summed E-state index contributed by atoms with van der Waals surface area (Å²) >= 11 is 1.55. The van der Waals surface area contributed by atoms with Gasteiger partial charge >= 0.3 is 0 Å². The number of aryl methyl sites for hydroxylation is 2. The highest BCUT2D eigenvalue weighted by molar-refractivity contribution is 7.22. The highest BCUT2D eigenvalue weighted by atomic mass is 35.5. The minimum Gasteiger partial charge on any atom is -0.494 e. The van der Waals surface area contributed by atoms with Crippen LogP contribution >= 0.6 is 23.7 Å². The maximum atomic E-state index is 13.5. The molecule has 1 aliphatic heterocycles. The summed E-state index contributed by atoms with van der Waals surface area (Å²) in [6.45, 7) is 8.68. The molecule has 0 unspecified atom stereocenters. The van der Waals surface area contributed by atoms with Gasteiger partial charge in [-0.15, -0.1) is 12.4 Å². The fourth-order valence-electron chi connectivity index (χ4n) is 3.66. The zero-order chi connectivity index (χ0) is 21.1. The Balaban J connectivity index is 0.00000272. The van der Waals surface area contributed by atoms with Gasteiger partial charge in [-0.05, 0) is 37.6 Å². The molecule has 166 valence electrons. The van der Waals surface area contributed by atoms with Gasteiger partial charge < -0.3 is 9.47 Å². The molecule has 1 aromatic heterocycles. The molecule has 0 radical (unpaired) electrons. The van der Waals surface area contributed by atoms with Crippen LogP contribution in [0.3, 0.4) is 0 Å². The number of fused-ring (bicyclic) bond motifs is 1. The first-order chi connectivity index (χ1) is 14.6. The van der Waals surface area contributed by atoms with Crippen LogP contribution in [0.15, 0.2) is 36.4 Å². The Hall–Kier alpha value is -2.19. The van der Waals surface area contributed by atoms with Crippen molar-refractivity contribution in [2.45, 2.75) is 13.8 Å². The Morgan fingerprint density at radius 1 is 1.23 bits per heavy atom. The molecule has 31 heavy (non-hydrogen) atoms. The molecule has 3 aromatic rings.